The van der Waals surface area contributed by atoms with Crippen molar-refractivity contribution in [3.63, 3.8) is 0 Å². The molecule has 0 saturated heterocycles. The van der Waals surface area contributed by atoms with Gasteiger partial charge in [0.1, 0.15) is 0 Å². The van der Waals surface area contributed by atoms with Crippen LogP contribution in [-0.2, 0) is 0 Å². The van der Waals surface area contributed by atoms with Crippen LogP contribution in [0.2, 0.25) is 0 Å². The zero-order valence-corrected chi connectivity index (χ0v) is 19.8. The first-order valence-electron chi connectivity index (χ1n) is 9.69. The molecule has 0 fully saturated rings. The van der Waals surface area contributed by atoms with Crippen LogP contribution in [-0.4, -0.2) is 28.5 Å². The fraction of sp³-hybridized carbons (Fsp3) is 0.391. The van der Waals surface area contributed by atoms with Gasteiger partial charge in [-0.2, -0.15) is 0 Å². The maximum Gasteiger partial charge on any atom is 0.171 e. The minimum atomic E-state index is -0.746. The van der Waals surface area contributed by atoms with Gasteiger partial charge in [-0.15, -0.1) is 17.9 Å². The largest absolute Gasteiger partial charge is 0.504 e. The maximum atomic E-state index is 10.7. The summed E-state index contributed by atoms with van der Waals surface area (Å²) in [5, 5.41) is 33.3. The number of methoxy groups -OCH3 is 1. The average Bonchev–Trinajstić information content (AvgIpc) is 3.24. The van der Waals surface area contributed by atoms with Crippen molar-refractivity contribution in [2.45, 2.75) is 44.8 Å². The van der Waals surface area contributed by atoms with Crippen LogP contribution in [0.15, 0.2) is 47.9 Å². The fourth-order valence-corrected chi connectivity index (χ4v) is 4.72. The van der Waals surface area contributed by atoms with Gasteiger partial charge in [0, 0.05) is 10.8 Å². The minimum Gasteiger partial charge on any atom is -0.504 e. The third-order valence-corrected chi connectivity index (χ3v) is 6.65. The fourth-order valence-electron chi connectivity index (χ4n) is 3.33. The molecule has 2 aromatic rings. The topological polar surface area (TPSA) is 69.9 Å². The van der Waals surface area contributed by atoms with Crippen molar-refractivity contribution >= 4 is 40.0 Å². The predicted octanol–water partition coefficient (Wildman–Crippen LogP) is 5.93. The molecule has 158 valence electrons. The molecule has 6 heteroatoms. The number of hydrogen-bond donors (Lipinski definition) is 3. The summed E-state index contributed by atoms with van der Waals surface area (Å²) in [6.07, 6.45) is 5.48. The third kappa shape index (κ3) is 6.57. The van der Waals surface area contributed by atoms with Crippen LogP contribution in [0.4, 0.5) is 0 Å². The van der Waals surface area contributed by atoms with E-state index in [4.69, 9.17) is 4.74 Å². The lowest BCUT2D eigenvalue weighted by atomic mass is 9.90. The number of thiophene rings is 1. The Labute approximate surface area is 190 Å². The maximum absolute atomic E-state index is 10.7. The van der Waals surface area contributed by atoms with Crippen LogP contribution in [0.5, 0.6) is 11.5 Å². The first-order valence-corrected chi connectivity index (χ1v) is 11.6. The number of aliphatic hydroxyl groups excluding tert-OH is 2. The summed E-state index contributed by atoms with van der Waals surface area (Å²) in [6, 6.07) is 7.50. The van der Waals surface area contributed by atoms with Crippen LogP contribution in [0.25, 0.3) is 6.08 Å². The van der Waals surface area contributed by atoms with E-state index in [-0.39, 0.29) is 5.75 Å². The van der Waals surface area contributed by atoms with Crippen molar-refractivity contribution in [2.75, 3.05) is 7.11 Å². The van der Waals surface area contributed by atoms with E-state index in [2.05, 4.69) is 42.2 Å². The highest BCUT2D eigenvalue weighted by Crippen LogP contribution is 2.34. The highest BCUT2D eigenvalue weighted by atomic mass is 127. The zero-order chi connectivity index (χ0) is 21.4. The van der Waals surface area contributed by atoms with Gasteiger partial charge in [-0.05, 0) is 71.0 Å². The van der Waals surface area contributed by atoms with Gasteiger partial charge in [0.25, 0.3) is 0 Å². The van der Waals surface area contributed by atoms with E-state index in [1.165, 1.54) is 24.0 Å². The SMILES string of the molecule is C=C[C@H]([C@H](O)CC/C(=C/c1cc(I)c(O)c(OC)c1)CCC)[C@H](O)c1cccs1. The second-order valence-corrected chi connectivity index (χ2v) is 9.13. The molecule has 0 saturated carbocycles. The molecule has 3 atom stereocenters. The Kier molecular flexibility index (Phi) is 9.68. The van der Waals surface area contributed by atoms with Crippen LogP contribution in [0.1, 0.15) is 49.2 Å². The number of allylic oxidation sites excluding steroid dienone is 1. The van der Waals surface area contributed by atoms with Crippen LogP contribution in [0, 0.1) is 9.49 Å². The standard InChI is InChI=1S/C23H29IO4S/c1-4-7-15(12-16-13-18(24)23(27)20(14-16)28-3)9-10-19(25)17(5-2)22(26)21-8-6-11-29-21/h5-6,8,11-14,17,19,22,25-27H,2,4,7,9-10H2,1,3H3/b15-12+/t17-,19-,22+/m1/s1. The van der Waals surface area contributed by atoms with Gasteiger partial charge in [0.2, 0.25) is 0 Å². The number of halogens is 1. The van der Waals surface area contributed by atoms with Crippen molar-refractivity contribution in [3.05, 3.63) is 61.9 Å². The summed E-state index contributed by atoms with van der Waals surface area (Å²) < 4.78 is 5.98. The number of phenolic OH excluding ortho intramolecular Hbond substituents is 1. The van der Waals surface area contributed by atoms with Gasteiger partial charge >= 0.3 is 0 Å². The van der Waals surface area contributed by atoms with Crippen LogP contribution in [0.3, 0.4) is 0 Å². The van der Waals surface area contributed by atoms with E-state index in [0.29, 0.717) is 12.2 Å². The van der Waals surface area contributed by atoms with E-state index in [0.717, 1.165) is 33.3 Å². The third-order valence-electron chi connectivity index (χ3n) is 4.89. The summed E-state index contributed by atoms with van der Waals surface area (Å²) in [5.41, 5.74) is 2.17. The van der Waals surface area contributed by atoms with E-state index in [1.807, 2.05) is 29.6 Å². The summed E-state index contributed by atoms with van der Waals surface area (Å²) in [7, 11) is 1.54. The lowest BCUT2D eigenvalue weighted by Crippen LogP contribution is -2.24. The molecule has 1 aromatic heterocycles. The molecule has 0 radical (unpaired) electrons. The van der Waals surface area contributed by atoms with Crippen molar-refractivity contribution in [1.82, 2.24) is 0 Å². The molecular weight excluding hydrogens is 499 g/mol. The highest BCUT2D eigenvalue weighted by Gasteiger charge is 2.26. The van der Waals surface area contributed by atoms with Crippen molar-refractivity contribution < 1.29 is 20.1 Å². The first kappa shape index (κ1) is 23.9. The normalized spacial score (nSPS) is 15.0. The molecule has 0 aliphatic carbocycles. The molecule has 0 aliphatic heterocycles. The molecule has 1 aromatic carbocycles. The molecule has 0 amide bonds. The second kappa shape index (κ2) is 11.7. The van der Waals surface area contributed by atoms with Gasteiger partial charge in [0.15, 0.2) is 11.5 Å². The molecule has 0 unspecified atom stereocenters. The number of benzene rings is 1. The van der Waals surface area contributed by atoms with Crippen molar-refractivity contribution in [1.29, 1.82) is 0 Å². The quantitative estimate of drug-likeness (QED) is 0.250. The number of aromatic hydroxyl groups is 1. The monoisotopic (exact) mass is 528 g/mol. The van der Waals surface area contributed by atoms with Crippen molar-refractivity contribution in [3.8, 4) is 11.5 Å². The number of phenols is 1. The molecule has 3 N–H and O–H groups in total. The van der Waals surface area contributed by atoms with Gasteiger partial charge in [-0.3, -0.25) is 0 Å². The Balaban J connectivity index is 2.13. The Morgan fingerprint density at radius 1 is 1.31 bits per heavy atom. The Morgan fingerprint density at radius 3 is 2.66 bits per heavy atom. The molecule has 1 heterocycles. The Morgan fingerprint density at radius 2 is 2.07 bits per heavy atom. The molecule has 0 aliphatic rings. The molecule has 2 rings (SSSR count). The summed E-state index contributed by atoms with van der Waals surface area (Å²) >= 11 is 3.57. The number of rotatable bonds is 11. The number of ether oxygens (including phenoxy) is 1. The molecule has 29 heavy (non-hydrogen) atoms. The number of hydrogen-bond acceptors (Lipinski definition) is 5. The lowest BCUT2D eigenvalue weighted by molar-refractivity contribution is 0.0336. The van der Waals surface area contributed by atoms with E-state index < -0.39 is 18.1 Å². The first-order chi connectivity index (χ1) is 13.9. The summed E-state index contributed by atoms with van der Waals surface area (Å²) in [6.45, 7) is 5.94. The zero-order valence-electron chi connectivity index (χ0n) is 16.8. The predicted molar refractivity (Wildman–Crippen MR) is 128 cm³/mol. The van der Waals surface area contributed by atoms with Crippen LogP contribution < -0.4 is 4.74 Å². The Bertz CT molecular complexity index is 817. The van der Waals surface area contributed by atoms with Gasteiger partial charge < -0.3 is 20.1 Å². The summed E-state index contributed by atoms with van der Waals surface area (Å²) in [5.74, 6) is 0.185. The van der Waals surface area contributed by atoms with Crippen molar-refractivity contribution in [2.24, 2.45) is 5.92 Å². The minimum absolute atomic E-state index is 0.147. The van der Waals surface area contributed by atoms with Gasteiger partial charge in [-0.25, -0.2) is 0 Å². The molecular formula is C23H29IO4S. The highest BCUT2D eigenvalue weighted by molar-refractivity contribution is 14.1. The van der Waals surface area contributed by atoms with Gasteiger partial charge in [0.05, 0.1) is 22.9 Å². The van der Waals surface area contributed by atoms with Gasteiger partial charge in [-0.1, -0.05) is 37.1 Å². The van der Waals surface area contributed by atoms with E-state index in [1.54, 1.807) is 6.08 Å². The van der Waals surface area contributed by atoms with E-state index in [9.17, 15) is 15.3 Å². The molecule has 0 spiro atoms. The lowest BCUT2D eigenvalue weighted by Gasteiger charge is -2.24. The second-order valence-electron chi connectivity index (χ2n) is 6.99. The molecule has 4 nitrogen and oxygen atoms in total. The average molecular weight is 528 g/mol. The Hall–Kier alpha value is -1.35. The number of aliphatic hydroxyl groups is 2. The smallest absolute Gasteiger partial charge is 0.171 e. The van der Waals surface area contributed by atoms with E-state index >= 15 is 0 Å². The molecule has 0 bridgehead atoms. The van der Waals surface area contributed by atoms with Crippen LogP contribution >= 0.6 is 33.9 Å². The summed E-state index contributed by atoms with van der Waals surface area (Å²) in [4.78, 5) is 0.837.